The van der Waals surface area contributed by atoms with Gasteiger partial charge in [-0.1, -0.05) is 28.4 Å². The average Bonchev–Trinajstić information content (AvgIpc) is 2.29. The van der Waals surface area contributed by atoms with Crippen molar-refractivity contribution < 1.29 is 9.53 Å². The number of carbonyl (C=O) groups excluding carboxylic acids is 1. The van der Waals surface area contributed by atoms with Crippen LogP contribution in [0.3, 0.4) is 0 Å². The van der Waals surface area contributed by atoms with E-state index in [-0.39, 0.29) is 5.97 Å². The van der Waals surface area contributed by atoms with E-state index in [1.165, 1.54) is 7.11 Å². The summed E-state index contributed by atoms with van der Waals surface area (Å²) in [5.41, 5.74) is 2.43. The number of esters is 1. The summed E-state index contributed by atoms with van der Waals surface area (Å²) in [5.74, 6) is -0.262. The van der Waals surface area contributed by atoms with E-state index in [0.717, 1.165) is 29.3 Å². The van der Waals surface area contributed by atoms with E-state index < -0.39 is 5.41 Å². The van der Waals surface area contributed by atoms with Crippen molar-refractivity contribution in [1.82, 2.24) is 0 Å². The Balaban J connectivity index is 2.47. The molecule has 0 spiro atoms. The molecule has 0 heterocycles. The molecule has 0 amide bonds. The first-order valence-electron chi connectivity index (χ1n) is 5.40. The summed E-state index contributed by atoms with van der Waals surface area (Å²) < 4.78 is 5.67. The van der Waals surface area contributed by atoms with Crippen molar-refractivity contribution in [2.24, 2.45) is 0 Å². The van der Waals surface area contributed by atoms with E-state index in [2.05, 4.69) is 15.9 Å². The van der Waals surface area contributed by atoms with Crippen molar-refractivity contribution in [3.8, 4) is 0 Å². The molecule has 0 unspecified atom stereocenters. The Morgan fingerprint density at radius 1 is 1.53 bits per heavy atom. The molecule has 0 radical (unpaired) electrons. The van der Waals surface area contributed by atoms with Crippen molar-refractivity contribution >= 4 is 27.6 Å². The molecule has 0 saturated heterocycles. The third-order valence-electron chi connectivity index (χ3n) is 3.39. The maximum absolute atomic E-state index is 11.9. The van der Waals surface area contributed by atoms with Crippen LogP contribution in [0.15, 0.2) is 22.7 Å². The van der Waals surface area contributed by atoms with Crippen LogP contribution in [0.25, 0.3) is 0 Å². The SMILES string of the molecule is COC(=O)C1(c2ccc(Br)cc2N[O-])CCC1. The number of carbonyl (C=O) groups is 1. The van der Waals surface area contributed by atoms with Crippen LogP contribution in [0, 0.1) is 5.21 Å². The molecule has 1 fully saturated rings. The summed E-state index contributed by atoms with van der Waals surface area (Å²) in [5, 5.41) is 11.0. The van der Waals surface area contributed by atoms with Gasteiger partial charge < -0.3 is 15.4 Å². The molecule has 1 saturated carbocycles. The maximum Gasteiger partial charge on any atom is 0.316 e. The minimum atomic E-state index is -0.637. The van der Waals surface area contributed by atoms with Gasteiger partial charge in [-0.3, -0.25) is 4.79 Å². The van der Waals surface area contributed by atoms with Crippen LogP contribution in [-0.2, 0) is 14.9 Å². The fourth-order valence-electron chi connectivity index (χ4n) is 2.33. The highest BCUT2D eigenvalue weighted by Crippen LogP contribution is 2.47. The first-order chi connectivity index (χ1) is 8.14. The summed E-state index contributed by atoms with van der Waals surface area (Å²) >= 11 is 3.30. The van der Waals surface area contributed by atoms with Gasteiger partial charge in [-0.05, 0) is 30.5 Å². The lowest BCUT2D eigenvalue weighted by Crippen LogP contribution is -2.43. The van der Waals surface area contributed by atoms with Gasteiger partial charge in [0.25, 0.3) is 0 Å². The molecule has 17 heavy (non-hydrogen) atoms. The average molecular weight is 299 g/mol. The Bertz CT molecular complexity index is 443. The highest BCUT2D eigenvalue weighted by Gasteiger charge is 2.47. The smallest absolute Gasteiger partial charge is 0.316 e. The maximum atomic E-state index is 11.9. The quantitative estimate of drug-likeness (QED) is 0.688. The van der Waals surface area contributed by atoms with E-state index in [9.17, 15) is 10.0 Å². The predicted octanol–water partition coefficient (Wildman–Crippen LogP) is 2.95. The van der Waals surface area contributed by atoms with Gasteiger partial charge in [0.05, 0.1) is 12.5 Å². The Morgan fingerprint density at radius 3 is 2.71 bits per heavy atom. The number of hydrogen-bond donors (Lipinski definition) is 1. The van der Waals surface area contributed by atoms with E-state index >= 15 is 0 Å². The lowest BCUT2D eigenvalue weighted by molar-refractivity contribution is -0.151. The van der Waals surface area contributed by atoms with Gasteiger partial charge in [0.1, 0.15) is 0 Å². The van der Waals surface area contributed by atoms with Crippen molar-refractivity contribution in [3.63, 3.8) is 0 Å². The van der Waals surface area contributed by atoms with Crippen molar-refractivity contribution in [2.45, 2.75) is 24.7 Å². The van der Waals surface area contributed by atoms with Crippen molar-refractivity contribution in [1.29, 1.82) is 0 Å². The molecule has 0 aromatic heterocycles. The minimum Gasteiger partial charge on any atom is -0.761 e. The molecule has 1 aliphatic rings. The van der Waals surface area contributed by atoms with Crippen LogP contribution in [-0.4, -0.2) is 13.1 Å². The number of methoxy groups -OCH3 is 1. The zero-order valence-electron chi connectivity index (χ0n) is 9.46. The number of benzene rings is 1. The topological polar surface area (TPSA) is 61.4 Å². The molecule has 4 nitrogen and oxygen atoms in total. The molecule has 1 aromatic rings. The van der Waals surface area contributed by atoms with Crippen LogP contribution in [0.4, 0.5) is 5.69 Å². The Labute approximate surface area is 108 Å². The van der Waals surface area contributed by atoms with Crippen LogP contribution in [0.5, 0.6) is 0 Å². The van der Waals surface area contributed by atoms with Crippen LogP contribution >= 0.6 is 15.9 Å². The second kappa shape index (κ2) is 4.66. The van der Waals surface area contributed by atoms with Gasteiger partial charge in [-0.25, -0.2) is 0 Å². The summed E-state index contributed by atoms with van der Waals surface area (Å²) in [6.07, 6.45) is 2.44. The summed E-state index contributed by atoms with van der Waals surface area (Å²) in [6.45, 7) is 0. The van der Waals surface area contributed by atoms with Crippen LogP contribution in [0.2, 0.25) is 0 Å². The molecule has 1 aromatic carbocycles. The van der Waals surface area contributed by atoms with Gasteiger partial charge in [0.15, 0.2) is 0 Å². The molecule has 2 rings (SSSR count). The number of nitrogens with one attached hydrogen (secondary N) is 1. The Hall–Kier alpha value is -1.07. The van der Waals surface area contributed by atoms with E-state index in [4.69, 9.17) is 4.74 Å². The third kappa shape index (κ3) is 1.93. The lowest BCUT2D eigenvalue weighted by atomic mass is 9.64. The van der Waals surface area contributed by atoms with Gasteiger partial charge in [0.2, 0.25) is 0 Å². The van der Waals surface area contributed by atoms with E-state index in [1.54, 1.807) is 12.1 Å². The number of rotatable bonds is 3. The number of halogens is 1. The molecular formula is C12H13BrNO3-. The molecule has 0 bridgehead atoms. The molecule has 1 aliphatic carbocycles. The van der Waals surface area contributed by atoms with E-state index in [0.29, 0.717) is 5.69 Å². The largest absolute Gasteiger partial charge is 0.761 e. The third-order valence-corrected chi connectivity index (χ3v) is 3.88. The second-order valence-corrected chi connectivity index (χ2v) is 5.13. The molecule has 0 atom stereocenters. The van der Waals surface area contributed by atoms with Crippen LogP contribution < -0.4 is 5.48 Å². The minimum absolute atomic E-state index is 0.262. The molecule has 92 valence electrons. The number of ether oxygens (including phenoxy) is 1. The Kier molecular flexibility index (Phi) is 3.40. The number of anilines is 1. The summed E-state index contributed by atoms with van der Waals surface area (Å²) in [4.78, 5) is 11.9. The highest BCUT2D eigenvalue weighted by molar-refractivity contribution is 9.10. The van der Waals surface area contributed by atoms with Gasteiger partial charge in [-0.2, -0.15) is 0 Å². The molecule has 5 heteroatoms. The zero-order valence-corrected chi connectivity index (χ0v) is 11.0. The fraction of sp³-hybridized carbons (Fsp3) is 0.417. The van der Waals surface area contributed by atoms with Gasteiger partial charge in [0, 0.05) is 10.2 Å². The number of hydrogen-bond acceptors (Lipinski definition) is 4. The normalized spacial score (nSPS) is 17.1. The molecule has 0 aliphatic heterocycles. The first-order valence-corrected chi connectivity index (χ1v) is 6.20. The molecule has 1 N–H and O–H groups in total. The Morgan fingerprint density at radius 2 is 2.24 bits per heavy atom. The molecular weight excluding hydrogens is 286 g/mol. The van der Waals surface area contributed by atoms with Crippen molar-refractivity contribution in [2.75, 3.05) is 12.6 Å². The highest BCUT2D eigenvalue weighted by atomic mass is 79.9. The monoisotopic (exact) mass is 298 g/mol. The predicted molar refractivity (Wildman–Crippen MR) is 68.7 cm³/mol. The summed E-state index contributed by atoms with van der Waals surface area (Å²) in [7, 11) is 1.38. The fourth-order valence-corrected chi connectivity index (χ4v) is 2.69. The van der Waals surface area contributed by atoms with E-state index in [1.807, 2.05) is 11.5 Å². The second-order valence-electron chi connectivity index (χ2n) is 4.22. The van der Waals surface area contributed by atoms with Gasteiger partial charge >= 0.3 is 5.97 Å². The van der Waals surface area contributed by atoms with Crippen LogP contribution in [0.1, 0.15) is 24.8 Å². The lowest BCUT2D eigenvalue weighted by Gasteiger charge is -2.41. The zero-order chi connectivity index (χ0) is 12.5. The first kappa shape index (κ1) is 12.4. The van der Waals surface area contributed by atoms with Crippen molar-refractivity contribution in [3.05, 3.63) is 33.4 Å². The standard InChI is InChI=1S/C12H13BrNO3/c1-17-11(15)12(5-2-6-12)9-4-3-8(13)7-10(9)14-16/h3-4,7,14H,2,5-6H2,1H3/q-1. The van der Waals surface area contributed by atoms with Gasteiger partial charge in [-0.15, -0.1) is 0 Å². The summed E-state index contributed by atoms with van der Waals surface area (Å²) in [6, 6.07) is 5.32.